The Balaban J connectivity index is 1.69. The summed E-state index contributed by atoms with van der Waals surface area (Å²) in [6.45, 7) is 2.36. The van der Waals surface area contributed by atoms with Crippen LogP contribution >= 0.6 is 0 Å². The molecule has 27 heavy (non-hydrogen) atoms. The lowest BCUT2D eigenvalue weighted by Gasteiger charge is -2.06. The number of hydrogen-bond acceptors (Lipinski definition) is 6. The molecule has 0 fully saturated rings. The fraction of sp³-hybridized carbons (Fsp3) is 0.100. The smallest absolute Gasteiger partial charge is 0.281 e. The van der Waals surface area contributed by atoms with Gasteiger partial charge >= 0.3 is 0 Å². The van der Waals surface area contributed by atoms with Crippen molar-refractivity contribution in [3.05, 3.63) is 84.1 Å². The predicted molar refractivity (Wildman–Crippen MR) is 100 cm³/mol. The van der Waals surface area contributed by atoms with E-state index in [4.69, 9.17) is 4.42 Å². The molecule has 0 saturated carbocycles. The van der Waals surface area contributed by atoms with Crippen molar-refractivity contribution in [3.63, 3.8) is 0 Å². The molecule has 0 unspecified atom stereocenters. The first-order valence-corrected chi connectivity index (χ1v) is 8.46. The second-order valence-electron chi connectivity index (χ2n) is 6.02. The first-order chi connectivity index (χ1) is 13.2. The van der Waals surface area contributed by atoms with Gasteiger partial charge in [0.15, 0.2) is 5.82 Å². The summed E-state index contributed by atoms with van der Waals surface area (Å²) in [7, 11) is 0. The highest BCUT2D eigenvalue weighted by molar-refractivity contribution is 5.97. The Kier molecular flexibility index (Phi) is 4.49. The summed E-state index contributed by atoms with van der Waals surface area (Å²) in [5.74, 6) is 1.23. The summed E-state index contributed by atoms with van der Waals surface area (Å²) in [6, 6.07) is 14.6. The van der Waals surface area contributed by atoms with Gasteiger partial charge in [0.05, 0.1) is 12.8 Å². The normalized spacial score (nSPS) is 10.7. The largest absolute Gasteiger partial charge is 0.467 e. The molecule has 0 aliphatic carbocycles. The van der Waals surface area contributed by atoms with Crippen molar-refractivity contribution in [1.82, 2.24) is 19.7 Å². The van der Waals surface area contributed by atoms with Crippen LogP contribution in [0, 0.1) is 6.92 Å². The molecule has 134 valence electrons. The number of hydrogen-bond donors (Lipinski definition) is 1. The Morgan fingerprint density at radius 1 is 1.15 bits per heavy atom. The SMILES string of the molecule is Cc1ccc(C(=O)n2nc(-c3cccnc3)nc2NCc2ccco2)cc1. The topological polar surface area (TPSA) is 85.8 Å². The molecule has 7 nitrogen and oxygen atoms in total. The van der Waals surface area contributed by atoms with Crippen LogP contribution in [-0.4, -0.2) is 25.7 Å². The van der Waals surface area contributed by atoms with Gasteiger partial charge in [-0.1, -0.05) is 17.7 Å². The van der Waals surface area contributed by atoms with Gasteiger partial charge < -0.3 is 9.73 Å². The molecular formula is C20H17N5O2. The number of aryl methyl sites for hydroxylation is 1. The Morgan fingerprint density at radius 3 is 2.70 bits per heavy atom. The fourth-order valence-corrected chi connectivity index (χ4v) is 2.58. The molecule has 0 atom stereocenters. The molecule has 0 radical (unpaired) electrons. The van der Waals surface area contributed by atoms with Crippen molar-refractivity contribution >= 4 is 11.9 Å². The number of benzene rings is 1. The van der Waals surface area contributed by atoms with Crippen LogP contribution in [-0.2, 0) is 6.54 Å². The van der Waals surface area contributed by atoms with E-state index in [0.29, 0.717) is 23.9 Å². The molecule has 0 amide bonds. The molecule has 1 aromatic carbocycles. The van der Waals surface area contributed by atoms with Crippen LogP contribution < -0.4 is 5.32 Å². The van der Waals surface area contributed by atoms with E-state index in [1.54, 1.807) is 42.9 Å². The number of anilines is 1. The van der Waals surface area contributed by atoms with E-state index < -0.39 is 0 Å². The molecule has 4 rings (SSSR count). The summed E-state index contributed by atoms with van der Waals surface area (Å²) in [5, 5.41) is 7.52. The molecule has 0 aliphatic heterocycles. The zero-order chi connectivity index (χ0) is 18.6. The molecule has 0 bridgehead atoms. The maximum atomic E-state index is 13.0. The maximum absolute atomic E-state index is 13.0. The van der Waals surface area contributed by atoms with Gasteiger partial charge in [-0.3, -0.25) is 9.78 Å². The molecule has 0 saturated heterocycles. The van der Waals surface area contributed by atoms with Crippen LogP contribution in [0.1, 0.15) is 21.7 Å². The summed E-state index contributed by atoms with van der Waals surface area (Å²) in [5.41, 5.74) is 2.34. The minimum atomic E-state index is -0.264. The van der Waals surface area contributed by atoms with Crippen LogP contribution in [0.4, 0.5) is 5.95 Å². The number of furan rings is 1. The van der Waals surface area contributed by atoms with Gasteiger partial charge in [-0.25, -0.2) is 0 Å². The Bertz CT molecular complexity index is 1040. The molecule has 7 heteroatoms. The molecule has 3 heterocycles. The van der Waals surface area contributed by atoms with Crippen molar-refractivity contribution in [2.24, 2.45) is 0 Å². The molecule has 0 spiro atoms. The lowest BCUT2D eigenvalue weighted by molar-refractivity contribution is 0.0947. The number of rotatable bonds is 5. The molecule has 3 aromatic heterocycles. The van der Waals surface area contributed by atoms with Gasteiger partial charge in [-0.15, -0.1) is 5.10 Å². The highest BCUT2D eigenvalue weighted by atomic mass is 16.3. The van der Waals surface area contributed by atoms with Crippen LogP contribution in [0.5, 0.6) is 0 Å². The molecule has 0 aliphatic rings. The van der Waals surface area contributed by atoms with Crippen LogP contribution in [0.3, 0.4) is 0 Å². The van der Waals surface area contributed by atoms with Crippen molar-refractivity contribution in [3.8, 4) is 11.4 Å². The summed E-state index contributed by atoms with van der Waals surface area (Å²) < 4.78 is 6.60. The van der Waals surface area contributed by atoms with Gasteiger partial charge in [-0.05, 0) is 43.3 Å². The van der Waals surface area contributed by atoms with E-state index in [-0.39, 0.29) is 5.91 Å². The lowest BCUT2D eigenvalue weighted by Crippen LogP contribution is -2.17. The van der Waals surface area contributed by atoms with Crippen LogP contribution in [0.2, 0.25) is 0 Å². The highest BCUT2D eigenvalue weighted by Gasteiger charge is 2.19. The third kappa shape index (κ3) is 3.62. The van der Waals surface area contributed by atoms with Crippen LogP contribution in [0.15, 0.2) is 71.6 Å². The Morgan fingerprint density at radius 2 is 2.00 bits per heavy atom. The zero-order valence-electron chi connectivity index (χ0n) is 14.7. The second-order valence-corrected chi connectivity index (χ2v) is 6.02. The van der Waals surface area contributed by atoms with Gasteiger partial charge in [0.2, 0.25) is 5.95 Å². The fourth-order valence-electron chi connectivity index (χ4n) is 2.58. The van der Waals surface area contributed by atoms with Crippen molar-refractivity contribution < 1.29 is 9.21 Å². The number of carbonyl (C=O) groups is 1. The van der Waals surface area contributed by atoms with Crippen molar-refractivity contribution in [2.45, 2.75) is 13.5 Å². The summed E-state index contributed by atoms with van der Waals surface area (Å²) >= 11 is 0. The number of pyridine rings is 1. The van der Waals surface area contributed by atoms with Gasteiger partial charge in [0.25, 0.3) is 5.91 Å². The van der Waals surface area contributed by atoms with E-state index in [1.807, 2.05) is 31.2 Å². The minimum Gasteiger partial charge on any atom is -0.467 e. The van der Waals surface area contributed by atoms with Crippen molar-refractivity contribution in [1.29, 1.82) is 0 Å². The van der Waals surface area contributed by atoms with Gasteiger partial charge in [0, 0.05) is 23.5 Å². The number of nitrogens with one attached hydrogen (secondary N) is 1. The van der Waals surface area contributed by atoms with E-state index >= 15 is 0 Å². The van der Waals surface area contributed by atoms with E-state index in [0.717, 1.165) is 16.9 Å². The standard InChI is InChI=1S/C20H17N5O2/c1-14-6-8-15(9-7-14)19(26)25-20(22-13-17-5-3-11-27-17)23-18(24-25)16-4-2-10-21-12-16/h2-12H,13H2,1H3,(H,22,23,24). The van der Waals surface area contributed by atoms with E-state index in [2.05, 4.69) is 20.4 Å². The average molecular weight is 359 g/mol. The number of aromatic nitrogens is 4. The monoisotopic (exact) mass is 359 g/mol. The third-order valence-corrected chi connectivity index (χ3v) is 4.02. The van der Waals surface area contributed by atoms with Gasteiger partial charge in [-0.2, -0.15) is 9.67 Å². The van der Waals surface area contributed by atoms with Gasteiger partial charge in [0.1, 0.15) is 5.76 Å². The minimum absolute atomic E-state index is 0.264. The van der Waals surface area contributed by atoms with Crippen molar-refractivity contribution in [2.75, 3.05) is 5.32 Å². The molecular weight excluding hydrogens is 342 g/mol. The number of carbonyl (C=O) groups excluding carboxylic acids is 1. The average Bonchev–Trinajstić information content (AvgIpc) is 3.37. The Hall–Kier alpha value is -3.74. The second kappa shape index (κ2) is 7.25. The Labute approximate surface area is 155 Å². The molecule has 4 aromatic rings. The lowest BCUT2D eigenvalue weighted by atomic mass is 10.1. The zero-order valence-corrected chi connectivity index (χ0v) is 14.7. The quantitative estimate of drug-likeness (QED) is 0.586. The summed E-state index contributed by atoms with van der Waals surface area (Å²) in [4.78, 5) is 21.5. The predicted octanol–water partition coefficient (Wildman–Crippen LogP) is 3.54. The highest BCUT2D eigenvalue weighted by Crippen LogP contribution is 2.19. The number of nitrogens with zero attached hydrogens (tertiary/aromatic N) is 4. The molecule has 1 N–H and O–H groups in total. The summed E-state index contributed by atoms with van der Waals surface area (Å²) in [6.07, 6.45) is 4.93. The first kappa shape index (κ1) is 16.7. The first-order valence-electron chi connectivity index (χ1n) is 8.46. The van der Waals surface area contributed by atoms with Crippen LogP contribution in [0.25, 0.3) is 11.4 Å². The van der Waals surface area contributed by atoms with E-state index in [1.165, 1.54) is 4.68 Å². The maximum Gasteiger partial charge on any atom is 0.281 e. The third-order valence-electron chi connectivity index (χ3n) is 4.02. The van der Waals surface area contributed by atoms with E-state index in [9.17, 15) is 4.79 Å².